The lowest BCUT2D eigenvalue weighted by molar-refractivity contribution is -0.146. The summed E-state index contributed by atoms with van der Waals surface area (Å²) in [7, 11) is 0. The van der Waals surface area contributed by atoms with Crippen molar-refractivity contribution in [1.29, 1.82) is 0 Å². The first-order chi connectivity index (χ1) is 8.97. The SMILES string of the molecule is CCOC(=O)C(C)NC(=O)CCCCCNC(C)=O. The van der Waals surface area contributed by atoms with Crippen molar-refractivity contribution in [2.45, 2.75) is 52.5 Å². The van der Waals surface area contributed by atoms with Crippen LogP contribution in [0.5, 0.6) is 0 Å². The van der Waals surface area contributed by atoms with E-state index in [1.165, 1.54) is 6.92 Å². The largest absolute Gasteiger partial charge is 0.464 e. The number of hydrogen-bond donors (Lipinski definition) is 2. The Kier molecular flexibility index (Phi) is 9.48. The lowest BCUT2D eigenvalue weighted by Crippen LogP contribution is -2.39. The summed E-state index contributed by atoms with van der Waals surface area (Å²) in [6, 6.07) is -0.605. The first-order valence-electron chi connectivity index (χ1n) is 6.67. The molecule has 0 aliphatic carbocycles. The van der Waals surface area contributed by atoms with E-state index < -0.39 is 12.0 Å². The van der Waals surface area contributed by atoms with Gasteiger partial charge in [-0.2, -0.15) is 0 Å². The predicted molar refractivity (Wildman–Crippen MR) is 71.4 cm³/mol. The van der Waals surface area contributed by atoms with Gasteiger partial charge in [-0.1, -0.05) is 6.42 Å². The molecule has 0 heterocycles. The molecule has 2 N–H and O–H groups in total. The fourth-order valence-electron chi connectivity index (χ4n) is 1.49. The highest BCUT2D eigenvalue weighted by Gasteiger charge is 2.15. The highest BCUT2D eigenvalue weighted by molar-refractivity contribution is 5.84. The van der Waals surface area contributed by atoms with Gasteiger partial charge in [-0.05, 0) is 26.7 Å². The number of esters is 1. The average molecular weight is 272 g/mol. The van der Waals surface area contributed by atoms with E-state index in [2.05, 4.69) is 10.6 Å². The van der Waals surface area contributed by atoms with Crippen molar-refractivity contribution < 1.29 is 19.1 Å². The molecule has 0 aromatic rings. The van der Waals surface area contributed by atoms with Gasteiger partial charge >= 0.3 is 5.97 Å². The summed E-state index contributed by atoms with van der Waals surface area (Å²) >= 11 is 0. The van der Waals surface area contributed by atoms with E-state index in [0.29, 0.717) is 19.6 Å². The molecule has 6 heteroatoms. The van der Waals surface area contributed by atoms with Gasteiger partial charge in [-0.3, -0.25) is 9.59 Å². The van der Waals surface area contributed by atoms with E-state index in [0.717, 1.165) is 19.3 Å². The number of nitrogens with one attached hydrogen (secondary N) is 2. The summed E-state index contributed by atoms with van der Waals surface area (Å²) in [6.45, 7) is 5.75. The van der Waals surface area contributed by atoms with Gasteiger partial charge in [0.2, 0.25) is 11.8 Å². The molecule has 0 radical (unpaired) electrons. The van der Waals surface area contributed by atoms with Crippen LogP contribution in [0, 0.1) is 0 Å². The number of hydrogen-bond acceptors (Lipinski definition) is 4. The van der Waals surface area contributed by atoms with Crippen LogP contribution < -0.4 is 10.6 Å². The molecule has 0 fully saturated rings. The highest BCUT2D eigenvalue weighted by Crippen LogP contribution is 2.00. The van der Waals surface area contributed by atoms with Crippen LogP contribution in [0.3, 0.4) is 0 Å². The fraction of sp³-hybridized carbons (Fsp3) is 0.769. The molecule has 0 aromatic heterocycles. The van der Waals surface area contributed by atoms with Crippen LogP contribution >= 0.6 is 0 Å². The Balaban J connectivity index is 3.59. The first-order valence-corrected chi connectivity index (χ1v) is 6.67. The van der Waals surface area contributed by atoms with Gasteiger partial charge in [0, 0.05) is 19.9 Å². The van der Waals surface area contributed by atoms with Gasteiger partial charge in [-0.15, -0.1) is 0 Å². The Morgan fingerprint density at radius 1 is 1.16 bits per heavy atom. The molecule has 2 amide bonds. The van der Waals surface area contributed by atoms with E-state index in [-0.39, 0.29) is 11.8 Å². The number of carbonyl (C=O) groups is 3. The van der Waals surface area contributed by atoms with Crippen molar-refractivity contribution in [2.75, 3.05) is 13.2 Å². The summed E-state index contributed by atoms with van der Waals surface area (Å²) < 4.78 is 4.79. The molecule has 1 atom stereocenters. The minimum absolute atomic E-state index is 0.0407. The minimum atomic E-state index is -0.605. The summed E-state index contributed by atoms with van der Waals surface area (Å²) in [4.78, 5) is 33.4. The zero-order valence-electron chi connectivity index (χ0n) is 12.0. The summed E-state index contributed by atoms with van der Waals surface area (Å²) in [6.07, 6.45) is 2.83. The van der Waals surface area contributed by atoms with Gasteiger partial charge in [0.15, 0.2) is 0 Å². The van der Waals surface area contributed by atoms with Crippen LogP contribution in [0.15, 0.2) is 0 Å². The molecule has 0 saturated heterocycles. The van der Waals surface area contributed by atoms with E-state index in [1.807, 2.05) is 0 Å². The zero-order valence-corrected chi connectivity index (χ0v) is 12.0. The standard InChI is InChI=1S/C13H24N2O4/c1-4-19-13(18)10(2)15-12(17)8-6-5-7-9-14-11(3)16/h10H,4-9H2,1-3H3,(H,14,16)(H,15,17). The third-order valence-corrected chi connectivity index (χ3v) is 2.47. The smallest absolute Gasteiger partial charge is 0.328 e. The van der Waals surface area contributed by atoms with Gasteiger partial charge in [0.05, 0.1) is 6.61 Å². The van der Waals surface area contributed by atoms with Crippen LogP contribution in [-0.4, -0.2) is 37.0 Å². The Morgan fingerprint density at radius 2 is 1.84 bits per heavy atom. The third-order valence-electron chi connectivity index (χ3n) is 2.47. The second-order valence-electron chi connectivity index (χ2n) is 4.33. The molecular formula is C13H24N2O4. The van der Waals surface area contributed by atoms with Crippen LogP contribution in [0.4, 0.5) is 0 Å². The van der Waals surface area contributed by atoms with Crippen LogP contribution in [0.2, 0.25) is 0 Å². The first kappa shape index (κ1) is 17.4. The van der Waals surface area contributed by atoms with E-state index in [9.17, 15) is 14.4 Å². The van der Waals surface area contributed by atoms with Crippen molar-refractivity contribution in [2.24, 2.45) is 0 Å². The molecular weight excluding hydrogens is 248 g/mol. The van der Waals surface area contributed by atoms with Gasteiger partial charge in [-0.25, -0.2) is 4.79 Å². The Morgan fingerprint density at radius 3 is 2.42 bits per heavy atom. The summed E-state index contributed by atoms with van der Waals surface area (Å²) in [5, 5.41) is 5.28. The third kappa shape index (κ3) is 10.1. The second-order valence-corrected chi connectivity index (χ2v) is 4.33. The molecule has 0 aromatic carbocycles. The summed E-state index contributed by atoms with van der Waals surface area (Å²) in [5.74, 6) is -0.609. The van der Waals surface area contributed by atoms with Crippen molar-refractivity contribution in [3.63, 3.8) is 0 Å². The van der Waals surface area contributed by atoms with Gasteiger partial charge < -0.3 is 15.4 Å². The summed E-state index contributed by atoms with van der Waals surface area (Å²) in [5.41, 5.74) is 0. The number of rotatable bonds is 9. The van der Waals surface area contributed by atoms with Crippen LogP contribution in [-0.2, 0) is 19.1 Å². The molecule has 0 aliphatic rings. The average Bonchev–Trinajstić information content (AvgIpc) is 2.33. The quantitative estimate of drug-likeness (QED) is 0.479. The van der Waals surface area contributed by atoms with E-state index in [1.54, 1.807) is 13.8 Å². The molecule has 0 rings (SSSR count). The van der Waals surface area contributed by atoms with Gasteiger partial charge in [0.1, 0.15) is 6.04 Å². The molecule has 6 nitrogen and oxygen atoms in total. The van der Waals surface area contributed by atoms with E-state index >= 15 is 0 Å². The molecule has 0 spiro atoms. The topological polar surface area (TPSA) is 84.5 Å². The monoisotopic (exact) mass is 272 g/mol. The van der Waals surface area contributed by atoms with E-state index in [4.69, 9.17) is 4.74 Å². The number of ether oxygens (including phenoxy) is 1. The van der Waals surface area contributed by atoms with Crippen LogP contribution in [0.1, 0.15) is 46.5 Å². The number of unbranched alkanes of at least 4 members (excludes halogenated alkanes) is 2. The molecule has 19 heavy (non-hydrogen) atoms. The van der Waals surface area contributed by atoms with Crippen molar-refractivity contribution in [3.05, 3.63) is 0 Å². The Hall–Kier alpha value is -1.59. The molecule has 1 unspecified atom stereocenters. The zero-order chi connectivity index (χ0) is 14.7. The number of amides is 2. The molecule has 0 aliphatic heterocycles. The Bertz CT molecular complexity index is 305. The van der Waals surface area contributed by atoms with Gasteiger partial charge in [0.25, 0.3) is 0 Å². The normalized spacial score (nSPS) is 11.5. The second kappa shape index (κ2) is 10.3. The van der Waals surface area contributed by atoms with Crippen molar-refractivity contribution in [1.82, 2.24) is 10.6 Å². The molecule has 0 bridgehead atoms. The van der Waals surface area contributed by atoms with Crippen molar-refractivity contribution >= 4 is 17.8 Å². The fourth-order valence-corrected chi connectivity index (χ4v) is 1.49. The number of carbonyl (C=O) groups excluding carboxylic acids is 3. The molecule has 110 valence electrons. The maximum atomic E-state index is 11.5. The lowest BCUT2D eigenvalue weighted by atomic mass is 10.2. The maximum Gasteiger partial charge on any atom is 0.328 e. The highest BCUT2D eigenvalue weighted by atomic mass is 16.5. The predicted octanol–water partition coefficient (Wildman–Crippen LogP) is 0.751. The maximum absolute atomic E-state index is 11.5. The minimum Gasteiger partial charge on any atom is -0.464 e. The lowest BCUT2D eigenvalue weighted by Gasteiger charge is -2.12. The van der Waals surface area contributed by atoms with Crippen LogP contribution in [0.25, 0.3) is 0 Å². The Labute approximate surface area is 114 Å². The molecule has 0 saturated carbocycles. The van der Waals surface area contributed by atoms with Crippen molar-refractivity contribution in [3.8, 4) is 0 Å².